The number of rotatable bonds is 6. The molecule has 0 spiro atoms. The maximum Gasteiger partial charge on any atom is 0.269 e. The molecule has 0 bridgehead atoms. The molecule has 3 aromatic rings. The second-order valence-electron chi connectivity index (χ2n) is 6.59. The van der Waals surface area contributed by atoms with Crippen molar-refractivity contribution in [3.8, 4) is 17.2 Å². The fourth-order valence-corrected chi connectivity index (χ4v) is 3.03. The molecule has 7 heteroatoms. The van der Waals surface area contributed by atoms with E-state index in [2.05, 4.69) is 0 Å². The molecule has 30 heavy (non-hydrogen) atoms. The van der Waals surface area contributed by atoms with E-state index in [1.807, 2.05) is 24.3 Å². The minimum absolute atomic E-state index is 0.0167. The minimum Gasteiger partial charge on any atom is -0.497 e. The number of allylic oxidation sites excluding steroid dienone is 1. The molecule has 0 N–H and O–H groups in total. The first-order valence-corrected chi connectivity index (χ1v) is 9.12. The summed E-state index contributed by atoms with van der Waals surface area (Å²) in [4.78, 5) is 22.9. The van der Waals surface area contributed by atoms with Gasteiger partial charge in [0.05, 0.1) is 17.6 Å². The molecule has 0 atom stereocenters. The van der Waals surface area contributed by atoms with Crippen molar-refractivity contribution in [3.05, 3.63) is 99.3 Å². The molecule has 1 heterocycles. The quantitative estimate of drug-likeness (QED) is 0.334. The Balaban J connectivity index is 1.48. The predicted octanol–water partition coefficient (Wildman–Crippen LogP) is 4.80. The molecule has 150 valence electrons. The van der Waals surface area contributed by atoms with E-state index >= 15 is 0 Å². The van der Waals surface area contributed by atoms with Gasteiger partial charge in [0.1, 0.15) is 23.9 Å². The number of benzene rings is 3. The normalized spacial score (nSPS) is 13.6. The number of nitrogens with zero attached hydrogens (tertiary/aromatic N) is 1. The van der Waals surface area contributed by atoms with E-state index in [0.717, 1.165) is 11.3 Å². The number of carbonyl (C=O) groups excluding carboxylic acids is 1. The third-order valence-corrected chi connectivity index (χ3v) is 4.58. The van der Waals surface area contributed by atoms with E-state index in [9.17, 15) is 14.9 Å². The zero-order valence-corrected chi connectivity index (χ0v) is 16.0. The maximum absolute atomic E-state index is 12.6. The fraction of sp³-hybridized carbons (Fsp3) is 0.0870. The van der Waals surface area contributed by atoms with Crippen LogP contribution in [0, 0.1) is 10.1 Å². The highest BCUT2D eigenvalue weighted by atomic mass is 16.6. The molecular weight excluding hydrogens is 386 g/mol. The van der Waals surface area contributed by atoms with Gasteiger partial charge in [0.2, 0.25) is 5.78 Å². The summed E-state index contributed by atoms with van der Waals surface area (Å²) >= 11 is 0. The Morgan fingerprint density at radius 3 is 2.57 bits per heavy atom. The standard InChI is InChI=1S/C23H17NO6/c1-28-18-4-2-3-16(11-18)14-29-19-9-10-20-21(13-19)30-22(23(20)25)12-15-5-7-17(8-6-15)24(26)27/h2-13H,14H2,1H3/b22-12-. The molecular formula is C23H17NO6. The lowest BCUT2D eigenvalue weighted by atomic mass is 10.1. The Kier molecular flexibility index (Phi) is 5.17. The van der Waals surface area contributed by atoms with Crippen LogP contribution in [0.5, 0.6) is 17.2 Å². The molecule has 0 amide bonds. The smallest absolute Gasteiger partial charge is 0.269 e. The van der Waals surface area contributed by atoms with Gasteiger partial charge in [0, 0.05) is 18.2 Å². The first-order valence-electron chi connectivity index (χ1n) is 9.12. The largest absolute Gasteiger partial charge is 0.497 e. The maximum atomic E-state index is 12.6. The number of nitro groups is 1. The summed E-state index contributed by atoms with van der Waals surface area (Å²) in [6.45, 7) is 0.343. The van der Waals surface area contributed by atoms with Crippen molar-refractivity contribution >= 4 is 17.5 Å². The summed E-state index contributed by atoms with van der Waals surface area (Å²) in [5.41, 5.74) is 2.01. The van der Waals surface area contributed by atoms with E-state index < -0.39 is 4.92 Å². The van der Waals surface area contributed by atoms with E-state index in [-0.39, 0.29) is 17.2 Å². The van der Waals surface area contributed by atoms with Gasteiger partial charge in [-0.25, -0.2) is 0 Å². The first-order chi connectivity index (χ1) is 14.5. The van der Waals surface area contributed by atoms with Crippen molar-refractivity contribution < 1.29 is 23.9 Å². The van der Waals surface area contributed by atoms with Gasteiger partial charge in [-0.3, -0.25) is 14.9 Å². The Hall–Kier alpha value is -4.13. The van der Waals surface area contributed by atoms with Gasteiger partial charge in [-0.15, -0.1) is 0 Å². The number of ether oxygens (including phenoxy) is 3. The summed E-state index contributed by atoms with van der Waals surface area (Å²) in [6, 6.07) is 18.5. The molecule has 7 nitrogen and oxygen atoms in total. The van der Waals surface area contributed by atoms with Gasteiger partial charge in [0.15, 0.2) is 5.76 Å². The van der Waals surface area contributed by atoms with Crippen molar-refractivity contribution in [1.29, 1.82) is 0 Å². The number of methoxy groups -OCH3 is 1. The average Bonchev–Trinajstić information content (AvgIpc) is 3.07. The van der Waals surface area contributed by atoms with E-state index in [1.54, 1.807) is 43.5 Å². The van der Waals surface area contributed by atoms with E-state index in [4.69, 9.17) is 14.2 Å². The minimum atomic E-state index is -0.475. The van der Waals surface area contributed by atoms with Crippen LogP contribution in [-0.2, 0) is 6.61 Å². The number of hydrogen-bond acceptors (Lipinski definition) is 6. The number of hydrogen-bond donors (Lipinski definition) is 0. The van der Waals surface area contributed by atoms with Gasteiger partial charge < -0.3 is 14.2 Å². The van der Waals surface area contributed by atoms with Crippen LogP contribution >= 0.6 is 0 Å². The van der Waals surface area contributed by atoms with E-state index in [1.165, 1.54) is 12.1 Å². The monoisotopic (exact) mass is 403 g/mol. The predicted molar refractivity (Wildman–Crippen MR) is 110 cm³/mol. The molecule has 0 saturated heterocycles. The van der Waals surface area contributed by atoms with Gasteiger partial charge >= 0.3 is 0 Å². The van der Waals surface area contributed by atoms with Crippen LogP contribution in [0.1, 0.15) is 21.5 Å². The third-order valence-electron chi connectivity index (χ3n) is 4.58. The highest BCUT2D eigenvalue weighted by Crippen LogP contribution is 2.35. The first kappa shape index (κ1) is 19.2. The number of carbonyl (C=O) groups is 1. The van der Waals surface area contributed by atoms with Crippen LogP contribution in [0.2, 0.25) is 0 Å². The fourth-order valence-electron chi connectivity index (χ4n) is 3.03. The molecule has 0 radical (unpaired) electrons. The van der Waals surface area contributed by atoms with Gasteiger partial charge in [-0.1, -0.05) is 12.1 Å². The molecule has 3 aromatic carbocycles. The third kappa shape index (κ3) is 4.00. The molecule has 0 unspecified atom stereocenters. The Bertz CT molecular complexity index is 1150. The summed E-state index contributed by atoms with van der Waals surface area (Å²) in [6.07, 6.45) is 1.56. The molecule has 0 saturated carbocycles. The van der Waals surface area contributed by atoms with Crippen LogP contribution in [-0.4, -0.2) is 17.8 Å². The summed E-state index contributed by atoms with van der Waals surface area (Å²) in [5, 5.41) is 10.8. The lowest BCUT2D eigenvalue weighted by Gasteiger charge is -2.08. The van der Waals surface area contributed by atoms with Crippen LogP contribution < -0.4 is 14.2 Å². The zero-order chi connectivity index (χ0) is 21.1. The van der Waals surface area contributed by atoms with Crippen LogP contribution in [0.3, 0.4) is 0 Å². The zero-order valence-electron chi connectivity index (χ0n) is 16.0. The highest BCUT2D eigenvalue weighted by Gasteiger charge is 2.27. The molecule has 0 fully saturated rings. The number of non-ortho nitro benzene ring substituents is 1. The van der Waals surface area contributed by atoms with Crippen LogP contribution in [0.25, 0.3) is 6.08 Å². The van der Waals surface area contributed by atoms with Gasteiger partial charge in [-0.05, 0) is 53.6 Å². The number of ketones is 1. The van der Waals surface area contributed by atoms with Crippen molar-refractivity contribution in [1.82, 2.24) is 0 Å². The van der Waals surface area contributed by atoms with Gasteiger partial charge in [-0.2, -0.15) is 0 Å². The Labute approximate surface area is 172 Å². The van der Waals surface area contributed by atoms with Crippen molar-refractivity contribution in [2.24, 2.45) is 0 Å². The number of nitro benzene ring substituents is 1. The average molecular weight is 403 g/mol. The Morgan fingerprint density at radius 2 is 1.83 bits per heavy atom. The van der Waals surface area contributed by atoms with Gasteiger partial charge in [0.25, 0.3) is 5.69 Å². The number of Topliss-reactive ketones (excluding diaryl/α,β-unsaturated/α-hetero) is 1. The lowest BCUT2D eigenvalue weighted by molar-refractivity contribution is -0.384. The van der Waals surface area contributed by atoms with E-state index in [0.29, 0.717) is 29.2 Å². The molecule has 0 aliphatic carbocycles. The SMILES string of the molecule is COc1cccc(COc2ccc3c(c2)O/C(=C\c2ccc([N+](=O)[O-])cc2)C3=O)c1. The Morgan fingerprint density at radius 1 is 1.03 bits per heavy atom. The highest BCUT2D eigenvalue weighted by molar-refractivity contribution is 6.14. The molecule has 1 aliphatic heterocycles. The molecule has 1 aliphatic rings. The van der Waals surface area contributed by atoms with Crippen LogP contribution in [0.4, 0.5) is 5.69 Å². The second kappa shape index (κ2) is 8.08. The molecule has 4 rings (SSSR count). The summed E-state index contributed by atoms with van der Waals surface area (Å²) in [7, 11) is 1.61. The topological polar surface area (TPSA) is 87.9 Å². The van der Waals surface area contributed by atoms with Crippen LogP contribution in [0.15, 0.2) is 72.5 Å². The molecule has 0 aromatic heterocycles. The van der Waals surface area contributed by atoms with Crippen molar-refractivity contribution in [3.63, 3.8) is 0 Å². The lowest BCUT2D eigenvalue weighted by Crippen LogP contribution is -1.98. The summed E-state index contributed by atoms with van der Waals surface area (Å²) in [5.74, 6) is 1.64. The second-order valence-corrected chi connectivity index (χ2v) is 6.59. The van der Waals surface area contributed by atoms with Crippen molar-refractivity contribution in [2.45, 2.75) is 6.61 Å². The summed E-state index contributed by atoms with van der Waals surface area (Å²) < 4.78 is 16.7. The number of fused-ring (bicyclic) bond motifs is 1. The van der Waals surface area contributed by atoms with Crippen molar-refractivity contribution in [2.75, 3.05) is 7.11 Å².